The summed E-state index contributed by atoms with van der Waals surface area (Å²) in [7, 11) is 0. The van der Waals surface area contributed by atoms with Crippen molar-refractivity contribution < 1.29 is 4.39 Å². The molecule has 0 spiro atoms. The summed E-state index contributed by atoms with van der Waals surface area (Å²) < 4.78 is 18.0. The van der Waals surface area contributed by atoms with E-state index in [2.05, 4.69) is 16.0 Å². The van der Waals surface area contributed by atoms with Gasteiger partial charge < -0.3 is 9.55 Å². The molecule has 4 heterocycles. The summed E-state index contributed by atoms with van der Waals surface area (Å²) in [6.45, 7) is 4.75. The Labute approximate surface area is 195 Å². The van der Waals surface area contributed by atoms with Crippen LogP contribution in [0.25, 0.3) is 39.2 Å². The second-order valence-electron chi connectivity index (χ2n) is 8.89. The van der Waals surface area contributed by atoms with Crippen LogP contribution in [0, 0.1) is 12.7 Å². The SMILES string of the molecule is CCn1ccnc1-c1cc(F)ccc1-c1cc(C2CC2)nc(-n2cc(C)c3cc[nH]c3c2=O)c1. The van der Waals surface area contributed by atoms with Crippen molar-refractivity contribution in [3.8, 4) is 28.3 Å². The van der Waals surface area contributed by atoms with Crippen LogP contribution < -0.4 is 5.56 Å². The molecule has 1 saturated carbocycles. The number of nitrogens with zero attached hydrogens (tertiary/aromatic N) is 4. The van der Waals surface area contributed by atoms with Crippen LogP contribution in [-0.2, 0) is 6.54 Å². The Kier molecular flexibility index (Phi) is 4.72. The van der Waals surface area contributed by atoms with Crippen molar-refractivity contribution in [3.63, 3.8) is 0 Å². The largest absolute Gasteiger partial charge is 0.357 e. The minimum Gasteiger partial charge on any atom is -0.357 e. The number of aryl methyl sites for hydroxylation is 2. The highest BCUT2D eigenvalue weighted by atomic mass is 19.1. The molecule has 7 heteroatoms. The lowest BCUT2D eigenvalue weighted by Gasteiger charge is -2.15. The zero-order valence-corrected chi connectivity index (χ0v) is 19.0. The Bertz CT molecular complexity index is 1610. The van der Waals surface area contributed by atoms with Gasteiger partial charge in [-0.05, 0) is 73.7 Å². The topological polar surface area (TPSA) is 68.5 Å². The lowest BCUT2D eigenvalue weighted by molar-refractivity contribution is 0.628. The van der Waals surface area contributed by atoms with E-state index in [0.29, 0.717) is 28.6 Å². The van der Waals surface area contributed by atoms with Gasteiger partial charge in [-0.25, -0.2) is 14.4 Å². The summed E-state index contributed by atoms with van der Waals surface area (Å²) >= 11 is 0. The third-order valence-electron chi connectivity index (χ3n) is 6.59. The minimum atomic E-state index is -0.315. The van der Waals surface area contributed by atoms with Gasteiger partial charge in [-0.2, -0.15) is 0 Å². The molecule has 0 atom stereocenters. The van der Waals surface area contributed by atoms with E-state index in [1.54, 1.807) is 23.0 Å². The number of pyridine rings is 2. The molecule has 5 aromatic rings. The van der Waals surface area contributed by atoms with Crippen molar-refractivity contribution in [3.05, 3.63) is 88.6 Å². The van der Waals surface area contributed by atoms with E-state index in [1.807, 2.05) is 42.9 Å². The molecule has 6 nitrogen and oxygen atoms in total. The monoisotopic (exact) mass is 453 g/mol. The Balaban J connectivity index is 1.59. The fourth-order valence-corrected chi connectivity index (χ4v) is 4.65. The highest BCUT2D eigenvalue weighted by molar-refractivity contribution is 5.83. The van der Waals surface area contributed by atoms with E-state index in [1.165, 1.54) is 12.1 Å². The van der Waals surface area contributed by atoms with Gasteiger partial charge in [-0.1, -0.05) is 6.07 Å². The summed E-state index contributed by atoms with van der Waals surface area (Å²) in [5.41, 5.74) is 4.84. The molecule has 0 aliphatic heterocycles. The van der Waals surface area contributed by atoms with Crippen molar-refractivity contribution in [2.45, 2.75) is 39.2 Å². The predicted octanol–water partition coefficient (Wildman–Crippen LogP) is 5.59. The quantitative estimate of drug-likeness (QED) is 0.377. The summed E-state index contributed by atoms with van der Waals surface area (Å²) in [6.07, 6.45) is 9.41. The zero-order valence-electron chi connectivity index (χ0n) is 19.0. The third kappa shape index (κ3) is 3.36. The Morgan fingerprint density at radius 3 is 2.79 bits per heavy atom. The maximum Gasteiger partial charge on any atom is 0.280 e. The Hall–Kier alpha value is -4.00. The van der Waals surface area contributed by atoms with E-state index in [4.69, 9.17) is 4.98 Å². The van der Waals surface area contributed by atoms with Gasteiger partial charge in [0.1, 0.15) is 23.0 Å². The van der Waals surface area contributed by atoms with Crippen molar-refractivity contribution in [1.82, 2.24) is 24.1 Å². The van der Waals surface area contributed by atoms with Crippen molar-refractivity contribution >= 4 is 10.9 Å². The fraction of sp³-hybridized carbons (Fsp3) is 0.222. The fourth-order valence-electron chi connectivity index (χ4n) is 4.65. The van der Waals surface area contributed by atoms with Crippen molar-refractivity contribution in [2.75, 3.05) is 0 Å². The molecular weight excluding hydrogens is 429 g/mol. The number of aromatic nitrogens is 5. The number of rotatable bonds is 5. The standard InChI is InChI=1S/C27H24FN5O/c1-3-32-11-10-30-26(32)22-14-19(28)6-7-21(22)18-12-23(17-4-5-17)31-24(13-18)33-15-16(2)20-8-9-29-25(20)27(33)34/h6-15,17,29H,3-5H2,1-2H3. The van der Waals surface area contributed by atoms with Gasteiger partial charge in [-0.3, -0.25) is 9.36 Å². The molecule has 1 aliphatic rings. The third-order valence-corrected chi connectivity index (χ3v) is 6.59. The average Bonchev–Trinajstić information content (AvgIpc) is 3.37. The maximum atomic E-state index is 14.4. The molecule has 0 unspecified atom stereocenters. The summed E-state index contributed by atoms with van der Waals surface area (Å²) in [6, 6.07) is 10.7. The number of aromatic amines is 1. The molecule has 0 bridgehead atoms. The van der Waals surface area contributed by atoms with Crippen LogP contribution in [0.5, 0.6) is 0 Å². The molecule has 1 N–H and O–H groups in total. The number of fused-ring (bicyclic) bond motifs is 1. The summed E-state index contributed by atoms with van der Waals surface area (Å²) in [5.74, 6) is 1.35. The zero-order chi connectivity index (χ0) is 23.4. The van der Waals surface area contributed by atoms with Gasteiger partial charge in [-0.15, -0.1) is 0 Å². The van der Waals surface area contributed by atoms with Gasteiger partial charge in [0.05, 0.1) is 0 Å². The lowest BCUT2D eigenvalue weighted by atomic mass is 9.98. The second kappa shape index (κ2) is 7.80. The molecule has 0 saturated heterocycles. The number of hydrogen-bond donors (Lipinski definition) is 1. The molecule has 6 rings (SSSR count). The van der Waals surface area contributed by atoms with Crippen LogP contribution in [0.4, 0.5) is 4.39 Å². The van der Waals surface area contributed by atoms with Gasteiger partial charge in [0, 0.05) is 53.9 Å². The number of halogens is 1. The van der Waals surface area contributed by atoms with Crippen molar-refractivity contribution in [2.24, 2.45) is 0 Å². The van der Waals surface area contributed by atoms with Crippen LogP contribution >= 0.6 is 0 Å². The number of hydrogen-bond acceptors (Lipinski definition) is 3. The number of H-pyrrole nitrogens is 1. The highest BCUT2D eigenvalue weighted by Crippen LogP contribution is 2.42. The molecule has 1 fully saturated rings. The molecule has 1 aliphatic carbocycles. The van der Waals surface area contributed by atoms with Gasteiger partial charge >= 0.3 is 0 Å². The van der Waals surface area contributed by atoms with Gasteiger partial charge in [0.15, 0.2) is 0 Å². The number of nitrogens with one attached hydrogen (secondary N) is 1. The molecule has 34 heavy (non-hydrogen) atoms. The van der Waals surface area contributed by atoms with Gasteiger partial charge in [0.25, 0.3) is 5.56 Å². The molecule has 4 aromatic heterocycles. The van der Waals surface area contributed by atoms with Gasteiger partial charge in [0.2, 0.25) is 0 Å². The summed E-state index contributed by atoms with van der Waals surface area (Å²) in [4.78, 5) is 25.8. The second-order valence-corrected chi connectivity index (χ2v) is 8.89. The van der Waals surface area contributed by atoms with Crippen LogP contribution in [0.3, 0.4) is 0 Å². The maximum absolute atomic E-state index is 14.4. The number of benzene rings is 1. The molecule has 0 amide bonds. The summed E-state index contributed by atoms with van der Waals surface area (Å²) in [5, 5.41) is 0.909. The first kappa shape index (κ1) is 20.6. The van der Waals surface area contributed by atoms with Crippen molar-refractivity contribution in [1.29, 1.82) is 0 Å². The van der Waals surface area contributed by atoms with Crippen LogP contribution in [-0.4, -0.2) is 24.1 Å². The Morgan fingerprint density at radius 2 is 2.00 bits per heavy atom. The highest BCUT2D eigenvalue weighted by Gasteiger charge is 2.27. The van der Waals surface area contributed by atoms with Crippen LogP contribution in [0.15, 0.2) is 66.0 Å². The molecule has 0 radical (unpaired) electrons. The van der Waals surface area contributed by atoms with E-state index >= 15 is 0 Å². The first-order valence-electron chi connectivity index (χ1n) is 11.6. The molecule has 170 valence electrons. The first-order valence-corrected chi connectivity index (χ1v) is 11.6. The van der Waals surface area contributed by atoms with E-state index in [-0.39, 0.29) is 11.4 Å². The average molecular weight is 454 g/mol. The molecular formula is C27H24FN5O. The van der Waals surface area contributed by atoms with Crippen LogP contribution in [0.1, 0.15) is 36.9 Å². The predicted molar refractivity (Wildman–Crippen MR) is 131 cm³/mol. The minimum absolute atomic E-state index is 0.141. The smallest absolute Gasteiger partial charge is 0.280 e. The van der Waals surface area contributed by atoms with Crippen LogP contribution in [0.2, 0.25) is 0 Å². The first-order chi connectivity index (χ1) is 16.5. The van der Waals surface area contributed by atoms with E-state index < -0.39 is 0 Å². The van der Waals surface area contributed by atoms with E-state index in [0.717, 1.165) is 47.2 Å². The Morgan fingerprint density at radius 1 is 1.15 bits per heavy atom. The molecule has 1 aromatic carbocycles. The number of imidazole rings is 1. The van der Waals surface area contributed by atoms with E-state index in [9.17, 15) is 9.18 Å². The lowest BCUT2D eigenvalue weighted by Crippen LogP contribution is -2.20. The normalized spacial score (nSPS) is 13.6.